The Balaban J connectivity index is 1.05. The van der Waals surface area contributed by atoms with Crippen molar-refractivity contribution in [3.8, 4) is 55.6 Å². The highest BCUT2D eigenvalue weighted by Crippen LogP contribution is 2.57. The highest BCUT2D eigenvalue weighted by Gasteiger charge is 2.44. The van der Waals surface area contributed by atoms with Crippen molar-refractivity contribution in [3.63, 3.8) is 0 Å². The number of esters is 1. The second-order valence-electron chi connectivity index (χ2n) is 17.9. The molecule has 2 nitrogen and oxygen atoms in total. The standard InChI is InChI=1S/C58H60O2/c1-9-56(10-2)49-20-16-15-19-43(49)45-27-22-39(33-51(45)56)41-24-29-47-48-30-25-42(36-54(48)58(13-5,14-6)53(47)35-41)40-23-28-46-44-26-21-38(18-17-31-60-55(59)37(7)8)32-50(44)57(11-3,12-4)52(46)34-40/h15-16,19-30,32-36H,7,9-14,17-18,31H2,1-6,8H3. The molecule has 0 aliphatic heterocycles. The molecular formula is C58H60O2. The highest BCUT2D eigenvalue weighted by atomic mass is 16.5. The molecule has 0 radical (unpaired) electrons. The number of carbonyl (C=O) groups excluding carboxylic acids is 1. The fourth-order valence-electron chi connectivity index (χ4n) is 12.0. The molecule has 0 aromatic heterocycles. The lowest BCUT2D eigenvalue weighted by Gasteiger charge is -2.31. The van der Waals surface area contributed by atoms with Crippen molar-refractivity contribution in [3.05, 3.63) is 166 Å². The van der Waals surface area contributed by atoms with E-state index in [1.54, 1.807) is 6.92 Å². The summed E-state index contributed by atoms with van der Waals surface area (Å²) in [4.78, 5) is 11.9. The summed E-state index contributed by atoms with van der Waals surface area (Å²) in [5.74, 6) is -0.309. The first-order valence-corrected chi connectivity index (χ1v) is 22.8. The largest absolute Gasteiger partial charge is 0.462 e. The van der Waals surface area contributed by atoms with Crippen LogP contribution >= 0.6 is 0 Å². The van der Waals surface area contributed by atoms with Crippen molar-refractivity contribution in [2.45, 2.75) is 116 Å². The van der Waals surface area contributed by atoms with Crippen LogP contribution in [0.5, 0.6) is 0 Å². The molecule has 0 saturated heterocycles. The van der Waals surface area contributed by atoms with Gasteiger partial charge in [0.05, 0.1) is 6.61 Å². The van der Waals surface area contributed by atoms with Crippen LogP contribution in [-0.2, 0) is 32.2 Å². The van der Waals surface area contributed by atoms with E-state index in [-0.39, 0.29) is 22.2 Å². The quantitative estimate of drug-likeness (QED) is 0.0662. The van der Waals surface area contributed by atoms with Crippen molar-refractivity contribution in [2.24, 2.45) is 0 Å². The number of fused-ring (bicyclic) bond motifs is 9. The zero-order chi connectivity index (χ0) is 42.0. The molecule has 0 amide bonds. The third kappa shape index (κ3) is 5.77. The highest BCUT2D eigenvalue weighted by molar-refractivity contribution is 5.90. The van der Waals surface area contributed by atoms with Gasteiger partial charge in [0.15, 0.2) is 0 Å². The minimum atomic E-state index is -0.309. The first kappa shape index (κ1) is 40.0. The predicted molar refractivity (Wildman–Crippen MR) is 252 cm³/mol. The fourth-order valence-corrected chi connectivity index (χ4v) is 12.0. The number of hydrogen-bond donors (Lipinski definition) is 0. The van der Waals surface area contributed by atoms with Crippen LogP contribution < -0.4 is 0 Å². The van der Waals surface area contributed by atoms with E-state index >= 15 is 0 Å². The van der Waals surface area contributed by atoms with Gasteiger partial charge in [0.1, 0.15) is 0 Å². The molecule has 304 valence electrons. The molecule has 3 aliphatic rings. The van der Waals surface area contributed by atoms with Crippen LogP contribution in [0, 0.1) is 0 Å². The SMILES string of the molecule is C=C(C)C(=O)OCCCc1ccc2c(c1)C(CC)(CC)c1cc(-c3ccc4c(c3)C(CC)(CC)c3cc(-c5ccc6c(c5)C(CC)(CC)c5ccccc5-6)ccc3-4)ccc1-2. The molecule has 2 heteroatoms. The first-order chi connectivity index (χ1) is 29.1. The Morgan fingerprint density at radius 3 is 1.22 bits per heavy atom. The average Bonchev–Trinajstić information content (AvgIpc) is 3.85. The summed E-state index contributed by atoms with van der Waals surface area (Å²) >= 11 is 0. The summed E-state index contributed by atoms with van der Waals surface area (Å²) in [6, 6.07) is 45.3. The third-order valence-corrected chi connectivity index (χ3v) is 15.5. The number of hydrogen-bond acceptors (Lipinski definition) is 2. The van der Waals surface area contributed by atoms with Crippen molar-refractivity contribution in [1.82, 2.24) is 0 Å². The molecule has 9 rings (SSSR count). The number of carbonyl (C=O) groups is 1. The van der Waals surface area contributed by atoms with Crippen molar-refractivity contribution >= 4 is 5.97 Å². The van der Waals surface area contributed by atoms with Crippen molar-refractivity contribution < 1.29 is 9.53 Å². The van der Waals surface area contributed by atoms with E-state index in [1.807, 2.05) is 0 Å². The van der Waals surface area contributed by atoms with Crippen LogP contribution in [0.15, 0.2) is 127 Å². The zero-order valence-corrected chi connectivity index (χ0v) is 36.9. The van der Waals surface area contributed by atoms with E-state index in [0.717, 1.165) is 51.4 Å². The van der Waals surface area contributed by atoms with Crippen LogP contribution in [0.2, 0.25) is 0 Å². The molecule has 60 heavy (non-hydrogen) atoms. The Morgan fingerprint density at radius 2 is 0.817 bits per heavy atom. The van der Waals surface area contributed by atoms with Gasteiger partial charge >= 0.3 is 5.97 Å². The normalized spacial score (nSPS) is 15.4. The minimum absolute atomic E-state index is 0.0443. The molecule has 0 fully saturated rings. The van der Waals surface area contributed by atoms with Gasteiger partial charge in [-0.25, -0.2) is 4.79 Å². The van der Waals surface area contributed by atoms with Gasteiger partial charge in [0, 0.05) is 21.8 Å². The second-order valence-corrected chi connectivity index (χ2v) is 17.9. The lowest BCUT2D eigenvalue weighted by Crippen LogP contribution is -2.23. The molecule has 0 bridgehead atoms. The maximum absolute atomic E-state index is 11.9. The molecular weight excluding hydrogens is 729 g/mol. The van der Waals surface area contributed by atoms with E-state index < -0.39 is 0 Å². The zero-order valence-electron chi connectivity index (χ0n) is 36.9. The molecule has 0 N–H and O–H groups in total. The van der Waals surface area contributed by atoms with Gasteiger partial charge in [-0.3, -0.25) is 0 Å². The summed E-state index contributed by atoms with van der Waals surface area (Å²) in [5.41, 5.74) is 24.1. The molecule has 3 aliphatic carbocycles. The first-order valence-electron chi connectivity index (χ1n) is 22.8. The van der Waals surface area contributed by atoms with Crippen LogP contribution in [0.25, 0.3) is 55.6 Å². The van der Waals surface area contributed by atoms with Crippen LogP contribution in [0.3, 0.4) is 0 Å². The Labute approximate surface area is 358 Å². The molecule has 0 atom stereocenters. The molecule has 0 heterocycles. The van der Waals surface area contributed by atoms with E-state index in [2.05, 4.69) is 163 Å². The fraction of sp³-hybridized carbons (Fsp3) is 0.328. The monoisotopic (exact) mass is 788 g/mol. The van der Waals surface area contributed by atoms with Gasteiger partial charge < -0.3 is 4.74 Å². The van der Waals surface area contributed by atoms with E-state index in [0.29, 0.717) is 12.2 Å². The molecule has 6 aromatic carbocycles. The smallest absolute Gasteiger partial charge is 0.333 e. The molecule has 6 aromatic rings. The Bertz CT molecular complexity index is 2680. The maximum atomic E-state index is 11.9. The summed E-state index contributed by atoms with van der Waals surface area (Å²) < 4.78 is 5.40. The van der Waals surface area contributed by atoms with Gasteiger partial charge in [0.25, 0.3) is 0 Å². The van der Waals surface area contributed by atoms with E-state index in [4.69, 9.17) is 4.74 Å². The Kier molecular flexibility index (Phi) is 10.1. The van der Waals surface area contributed by atoms with E-state index in [1.165, 1.54) is 94.6 Å². The number of aryl methyl sites for hydroxylation is 1. The van der Waals surface area contributed by atoms with Crippen molar-refractivity contribution in [2.75, 3.05) is 6.61 Å². The van der Waals surface area contributed by atoms with Crippen LogP contribution in [0.4, 0.5) is 0 Å². The summed E-state index contributed by atoms with van der Waals surface area (Å²) in [6.45, 7) is 20.0. The van der Waals surface area contributed by atoms with Crippen molar-refractivity contribution in [1.29, 1.82) is 0 Å². The van der Waals surface area contributed by atoms with Crippen LogP contribution in [-0.4, -0.2) is 12.6 Å². The number of benzene rings is 6. The topological polar surface area (TPSA) is 26.3 Å². The molecule has 0 saturated carbocycles. The maximum Gasteiger partial charge on any atom is 0.333 e. The van der Waals surface area contributed by atoms with Gasteiger partial charge in [-0.1, -0.05) is 139 Å². The summed E-state index contributed by atoms with van der Waals surface area (Å²) in [5, 5.41) is 0. The Hall–Kier alpha value is -5.47. The average molecular weight is 789 g/mol. The third-order valence-electron chi connectivity index (χ3n) is 15.5. The van der Waals surface area contributed by atoms with Gasteiger partial charge in [-0.15, -0.1) is 0 Å². The van der Waals surface area contributed by atoms with Gasteiger partial charge in [-0.2, -0.15) is 0 Å². The Morgan fingerprint density at radius 1 is 0.467 bits per heavy atom. The second kappa shape index (κ2) is 15.2. The lowest BCUT2D eigenvalue weighted by molar-refractivity contribution is -0.139. The van der Waals surface area contributed by atoms with Crippen LogP contribution in [0.1, 0.15) is 132 Å². The number of rotatable bonds is 13. The summed E-state index contributed by atoms with van der Waals surface area (Å²) in [7, 11) is 0. The predicted octanol–water partition coefficient (Wildman–Crippen LogP) is 15.3. The molecule has 0 unspecified atom stereocenters. The summed E-state index contributed by atoms with van der Waals surface area (Å²) in [6.07, 6.45) is 8.05. The number of ether oxygens (including phenoxy) is 1. The lowest BCUT2D eigenvalue weighted by atomic mass is 9.72. The minimum Gasteiger partial charge on any atom is -0.462 e. The van der Waals surface area contributed by atoms with Gasteiger partial charge in [-0.05, 0) is 177 Å². The molecule has 0 spiro atoms. The van der Waals surface area contributed by atoms with Gasteiger partial charge in [0.2, 0.25) is 0 Å². The van der Waals surface area contributed by atoms with E-state index in [9.17, 15) is 4.79 Å².